The molecule has 0 aliphatic heterocycles. The van der Waals surface area contributed by atoms with E-state index >= 15 is 0 Å². The Morgan fingerprint density at radius 2 is 2.19 bits per heavy atom. The Bertz CT molecular complexity index is 799. The van der Waals surface area contributed by atoms with E-state index in [-0.39, 0.29) is 0 Å². The number of nitrogens with zero attached hydrogens (tertiary/aromatic N) is 3. The Labute approximate surface area is 120 Å². The summed E-state index contributed by atoms with van der Waals surface area (Å²) in [4.78, 5) is 26.7. The highest BCUT2D eigenvalue weighted by molar-refractivity contribution is 5.91. The summed E-state index contributed by atoms with van der Waals surface area (Å²) in [6.07, 6.45) is 5.09. The average Bonchev–Trinajstić information content (AvgIpc) is 2.91. The van der Waals surface area contributed by atoms with Gasteiger partial charge in [0.15, 0.2) is 5.82 Å². The third-order valence-corrected chi connectivity index (χ3v) is 3.08. The van der Waals surface area contributed by atoms with E-state index in [9.17, 15) is 4.79 Å². The summed E-state index contributed by atoms with van der Waals surface area (Å²) in [5, 5.41) is 12.7. The lowest BCUT2D eigenvalue weighted by Crippen LogP contribution is -2.25. The Hall–Kier alpha value is -2.96. The standard InChI is InChI=1S/C14H13N5O2/c1-8(14(20)21)18-11-4-6-16-13(19-11)10-7-17-12-9(10)3-2-5-15-12/h2-8H,1H3,(H,15,17)(H,20,21)(H,16,18,19)/t8-/m0/s1. The molecule has 0 aromatic carbocycles. The number of H-pyrrole nitrogens is 1. The first-order valence-electron chi connectivity index (χ1n) is 6.40. The van der Waals surface area contributed by atoms with Crippen LogP contribution in [0.3, 0.4) is 0 Å². The summed E-state index contributed by atoms with van der Waals surface area (Å²) in [7, 11) is 0. The maximum atomic E-state index is 10.9. The number of aromatic amines is 1. The van der Waals surface area contributed by atoms with Gasteiger partial charge in [-0.3, -0.25) is 4.79 Å². The number of aliphatic carboxylic acids is 1. The van der Waals surface area contributed by atoms with Gasteiger partial charge in [-0.2, -0.15) is 0 Å². The molecule has 1 atom stereocenters. The highest BCUT2D eigenvalue weighted by Gasteiger charge is 2.13. The molecule has 3 aromatic rings. The van der Waals surface area contributed by atoms with Crippen LogP contribution in [0.4, 0.5) is 5.82 Å². The van der Waals surface area contributed by atoms with Gasteiger partial charge in [-0.25, -0.2) is 15.0 Å². The van der Waals surface area contributed by atoms with E-state index in [2.05, 4.69) is 25.3 Å². The van der Waals surface area contributed by atoms with E-state index in [1.165, 1.54) is 0 Å². The third kappa shape index (κ3) is 2.53. The molecule has 7 heteroatoms. The van der Waals surface area contributed by atoms with Crippen molar-refractivity contribution < 1.29 is 9.90 Å². The van der Waals surface area contributed by atoms with Crippen molar-refractivity contribution in [3.8, 4) is 11.4 Å². The van der Waals surface area contributed by atoms with Gasteiger partial charge in [0, 0.05) is 29.5 Å². The molecule has 0 aliphatic rings. The van der Waals surface area contributed by atoms with Gasteiger partial charge in [0.2, 0.25) is 0 Å². The van der Waals surface area contributed by atoms with Gasteiger partial charge in [0.1, 0.15) is 17.5 Å². The van der Waals surface area contributed by atoms with Crippen LogP contribution in [0.1, 0.15) is 6.92 Å². The van der Waals surface area contributed by atoms with Gasteiger partial charge >= 0.3 is 5.97 Å². The normalized spacial score (nSPS) is 12.2. The van der Waals surface area contributed by atoms with Gasteiger partial charge < -0.3 is 15.4 Å². The van der Waals surface area contributed by atoms with E-state index in [0.29, 0.717) is 11.6 Å². The van der Waals surface area contributed by atoms with Gasteiger partial charge in [0.05, 0.1) is 0 Å². The predicted octanol–water partition coefficient (Wildman–Crippen LogP) is 1.90. The van der Waals surface area contributed by atoms with E-state index < -0.39 is 12.0 Å². The average molecular weight is 283 g/mol. The van der Waals surface area contributed by atoms with Crippen LogP contribution in [-0.2, 0) is 4.79 Å². The number of carboxylic acids is 1. The first kappa shape index (κ1) is 13.0. The minimum atomic E-state index is -0.938. The number of hydrogen-bond donors (Lipinski definition) is 3. The summed E-state index contributed by atoms with van der Waals surface area (Å²) < 4.78 is 0. The Kier molecular flexibility index (Phi) is 3.23. The second-order valence-corrected chi connectivity index (χ2v) is 4.57. The predicted molar refractivity (Wildman–Crippen MR) is 77.8 cm³/mol. The number of fused-ring (bicyclic) bond motifs is 1. The minimum Gasteiger partial charge on any atom is -0.480 e. The van der Waals surface area contributed by atoms with Crippen LogP contribution < -0.4 is 5.32 Å². The summed E-state index contributed by atoms with van der Waals surface area (Å²) in [6.45, 7) is 1.56. The maximum absolute atomic E-state index is 10.9. The van der Waals surface area contributed by atoms with Crippen LogP contribution in [0.15, 0.2) is 36.8 Å². The molecule has 3 aromatic heterocycles. The molecule has 0 spiro atoms. The second-order valence-electron chi connectivity index (χ2n) is 4.57. The molecule has 7 nitrogen and oxygen atoms in total. The van der Waals surface area contributed by atoms with Gasteiger partial charge in [-0.1, -0.05) is 0 Å². The van der Waals surface area contributed by atoms with Crippen LogP contribution in [0, 0.1) is 0 Å². The zero-order valence-corrected chi connectivity index (χ0v) is 11.2. The van der Waals surface area contributed by atoms with E-state index in [1.54, 1.807) is 31.6 Å². The molecule has 3 N–H and O–H groups in total. The zero-order valence-electron chi connectivity index (χ0n) is 11.2. The Morgan fingerprint density at radius 1 is 1.33 bits per heavy atom. The van der Waals surface area contributed by atoms with Crippen LogP contribution in [0.2, 0.25) is 0 Å². The molecule has 106 valence electrons. The zero-order chi connectivity index (χ0) is 14.8. The third-order valence-electron chi connectivity index (χ3n) is 3.08. The molecule has 0 aliphatic carbocycles. The van der Waals surface area contributed by atoms with Gasteiger partial charge in [0.25, 0.3) is 0 Å². The van der Waals surface area contributed by atoms with Crippen LogP contribution in [-0.4, -0.2) is 37.1 Å². The number of carboxylic acid groups (broad SMARTS) is 1. The number of aromatic nitrogens is 4. The van der Waals surface area contributed by atoms with Crippen molar-refractivity contribution in [3.63, 3.8) is 0 Å². The largest absolute Gasteiger partial charge is 0.480 e. The number of pyridine rings is 1. The summed E-state index contributed by atoms with van der Waals surface area (Å²) >= 11 is 0. The van der Waals surface area contributed by atoms with E-state index in [4.69, 9.17) is 5.11 Å². The molecular formula is C14H13N5O2. The fourth-order valence-corrected chi connectivity index (χ4v) is 1.99. The number of nitrogens with one attached hydrogen (secondary N) is 2. The smallest absolute Gasteiger partial charge is 0.325 e. The number of hydrogen-bond acceptors (Lipinski definition) is 5. The summed E-state index contributed by atoms with van der Waals surface area (Å²) in [6, 6.07) is 4.68. The lowest BCUT2D eigenvalue weighted by molar-refractivity contribution is -0.137. The molecule has 21 heavy (non-hydrogen) atoms. The van der Waals surface area contributed by atoms with Crippen molar-refractivity contribution in [3.05, 3.63) is 36.8 Å². The van der Waals surface area contributed by atoms with E-state index in [0.717, 1.165) is 16.6 Å². The van der Waals surface area contributed by atoms with Crippen LogP contribution >= 0.6 is 0 Å². The Balaban J connectivity index is 1.98. The first-order valence-corrected chi connectivity index (χ1v) is 6.40. The highest BCUT2D eigenvalue weighted by Crippen LogP contribution is 2.25. The van der Waals surface area contributed by atoms with Crippen molar-refractivity contribution in [1.29, 1.82) is 0 Å². The van der Waals surface area contributed by atoms with Gasteiger partial charge in [-0.05, 0) is 25.1 Å². The summed E-state index contributed by atoms with van der Waals surface area (Å²) in [5.74, 6) is 0.0384. The fraction of sp³-hybridized carbons (Fsp3) is 0.143. The molecule has 0 saturated carbocycles. The van der Waals surface area contributed by atoms with Crippen molar-refractivity contribution in [2.45, 2.75) is 13.0 Å². The van der Waals surface area contributed by atoms with E-state index in [1.807, 2.05) is 12.1 Å². The molecule has 0 fully saturated rings. The summed E-state index contributed by atoms with van der Waals surface area (Å²) in [5.41, 5.74) is 1.58. The maximum Gasteiger partial charge on any atom is 0.325 e. The molecule has 0 saturated heterocycles. The van der Waals surface area contributed by atoms with Crippen molar-refractivity contribution in [2.24, 2.45) is 0 Å². The quantitative estimate of drug-likeness (QED) is 0.675. The number of carbonyl (C=O) groups is 1. The first-order chi connectivity index (χ1) is 10.1. The van der Waals surface area contributed by atoms with Crippen LogP contribution in [0.5, 0.6) is 0 Å². The second kappa shape index (κ2) is 5.20. The number of anilines is 1. The monoisotopic (exact) mass is 283 g/mol. The van der Waals surface area contributed by atoms with Gasteiger partial charge in [-0.15, -0.1) is 0 Å². The Morgan fingerprint density at radius 3 is 3.00 bits per heavy atom. The topological polar surface area (TPSA) is 104 Å². The number of rotatable bonds is 4. The molecule has 0 radical (unpaired) electrons. The molecule has 0 bridgehead atoms. The molecule has 0 unspecified atom stereocenters. The highest BCUT2D eigenvalue weighted by atomic mass is 16.4. The van der Waals surface area contributed by atoms with Crippen LogP contribution in [0.25, 0.3) is 22.4 Å². The molecular weight excluding hydrogens is 270 g/mol. The minimum absolute atomic E-state index is 0.466. The molecule has 0 amide bonds. The SMILES string of the molecule is C[C@H](Nc1ccnc(-c2c[nH]c3ncccc23)n1)C(=O)O. The lowest BCUT2D eigenvalue weighted by atomic mass is 10.2. The van der Waals surface area contributed by atoms with Crippen molar-refractivity contribution in [1.82, 2.24) is 19.9 Å². The molecule has 3 rings (SSSR count). The van der Waals surface area contributed by atoms with Crippen molar-refractivity contribution >= 4 is 22.8 Å². The molecule has 3 heterocycles. The van der Waals surface area contributed by atoms with Crippen molar-refractivity contribution in [2.75, 3.05) is 5.32 Å². The lowest BCUT2D eigenvalue weighted by Gasteiger charge is -2.10. The fourth-order valence-electron chi connectivity index (χ4n) is 1.99.